The third-order valence-corrected chi connectivity index (χ3v) is 4.98. The normalized spacial score (nSPS) is 14.9. The van der Waals surface area contributed by atoms with E-state index in [2.05, 4.69) is 4.98 Å². The van der Waals surface area contributed by atoms with E-state index in [9.17, 15) is 14.7 Å². The van der Waals surface area contributed by atoms with Crippen LogP contribution in [0.25, 0.3) is 22.6 Å². The van der Waals surface area contributed by atoms with Crippen LogP contribution in [0.2, 0.25) is 0 Å². The van der Waals surface area contributed by atoms with Gasteiger partial charge >= 0.3 is 0 Å². The maximum absolute atomic E-state index is 13.0. The van der Waals surface area contributed by atoms with E-state index in [0.29, 0.717) is 41.8 Å². The Morgan fingerprint density at radius 1 is 1.07 bits per heavy atom. The summed E-state index contributed by atoms with van der Waals surface area (Å²) in [5.74, 6) is 0.327. The van der Waals surface area contributed by atoms with E-state index < -0.39 is 0 Å². The van der Waals surface area contributed by atoms with Crippen molar-refractivity contribution in [3.05, 3.63) is 70.3 Å². The first-order valence-corrected chi connectivity index (χ1v) is 9.39. The third-order valence-electron chi connectivity index (χ3n) is 4.98. The van der Waals surface area contributed by atoms with Crippen LogP contribution in [0.4, 0.5) is 5.69 Å². The van der Waals surface area contributed by atoms with Gasteiger partial charge in [0, 0.05) is 25.3 Å². The molecule has 0 saturated heterocycles. The van der Waals surface area contributed by atoms with Crippen LogP contribution in [0.3, 0.4) is 0 Å². The van der Waals surface area contributed by atoms with Crippen molar-refractivity contribution in [1.29, 1.82) is 0 Å². The van der Waals surface area contributed by atoms with E-state index in [1.54, 1.807) is 29.2 Å². The minimum Gasteiger partial charge on any atom is -0.396 e. The highest BCUT2D eigenvalue weighted by Gasteiger charge is 2.31. The number of aliphatic hydroxyl groups is 1. The van der Waals surface area contributed by atoms with Crippen molar-refractivity contribution in [1.82, 2.24) is 9.55 Å². The second-order valence-electron chi connectivity index (χ2n) is 6.65. The lowest BCUT2D eigenvalue weighted by atomic mass is 10.1. The van der Waals surface area contributed by atoms with Crippen LogP contribution < -0.4 is 10.5 Å². The molecule has 142 valence electrons. The summed E-state index contributed by atoms with van der Waals surface area (Å²) in [6.45, 7) is 2.80. The molecule has 1 aliphatic heterocycles. The molecule has 0 radical (unpaired) electrons. The van der Waals surface area contributed by atoms with Crippen LogP contribution in [0.5, 0.6) is 0 Å². The molecule has 2 heterocycles. The lowest BCUT2D eigenvalue weighted by molar-refractivity contribution is -0.112. The number of carbonyl (C=O) groups excluding carboxylic acids is 1. The van der Waals surface area contributed by atoms with Gasteiger partial charge in [-0.05, 0) is 37.6 Å². The number of aliphatic hydroxyl groups excluding tert-OH is 1. The molecular weight excluding hydrogens is 354 g/mol. The van der Waals surface area contributed by atoms with Crippen molar-refractivity contribution < 1.29 is 9.90 Å². The minimum atomic E-state index is -0.169. The maximum atomic E-state index is 13.0. The molecule has 4 rings (SSSR count). The average molecular weight is 375 g/mol. The summed E-state index contributed by atoms with van der Waals surface area (Å²) in [6.07, 6.45) is 2.13. The summed E-state index contributed by atoms with van der Waals surface area (Å²) < 4.78 is 1.54. The van der Waals surface area contributed by atoms with E-state index in [4.69, 9.17) is 0 Å². The van der Waals surface area contributed by atoms with Gasteiger partial charge in [-0.15, -0.1) is 0 Å². The van der Waals surface area contributed by atoms with E-state index in [1.165, 1.54) is 4.57 Å². The van der Waals surface area contributed by atoms with Crippen molar-refractivity contribution in [3.8, 4) is 0 Å². The molecule has 1 aliphatic rings. The number of hydrogen-bond donors (Lipinski definition) is 1. The topological polar surface area (TPSA) is 75.4 Å². The highest BCUT2D eigenvalue weighted by molar-refractivity contribution is 6.35. The number of benzene rings is 2. The molecule has 0 spiro atoms. The molecule has 1 amide bonds. The fraction of sp³-hybridized carbons (Fsp3) is 0.227. The molecule has 3 aromatic rings. The van der Waals surface area contributed by atoms with Gasteiger partial charge in [0.1, 0.15) is 5.82 Å². The molecule has 2 aromatic carbocycles. The van der Waals surface area contributed by atoms with Gasteiger partial charge in [0.25, 0.3) is 11.5 Å². The quantitative estimate of drug-likeness (QED) is 0.696. The molecular formula is C22H21N3O3. The number of nitrogens with zero attached hydrogens (tertiary/aromatic N) is 3. The number of carbonyl (C=O) groups is 1. The molecule has 28 heavy (non-hydrogen) atoms. The Morgan fingerprint density at radius 3 is 2.61 bits per heavy atom. The number of fused-ring (bicyclic) bond motifs is 2. The van der Waals surface area contributed by atoms with Crippen LogP contribution in [-0.4, -0.2) is 33.7 Å². The molecule has 6 heteroatoms. The van der Waals surface area contributed by atoms with Crippen LogP contribution in [0.15, 0.2) is 53.3 Å². The summed E-state index contributed by atoms with van der Waals surface area (Å²) >= 11 is 0. The molecule has 0 atom stereocenters. The standard InChI is InChI=1S/C22H21N3O3/c1-2-24-19-11-6-4-8-15(19)17(22(24)28)14-20-23-18-10-5-3-9-16(18)21(27)25(20)12-7-13-26/h3-6,8-11,14,26H,2,7,12-13H2,1H3. The Hall–Kier alpha value is -3.25. The molecule has 0 fully saturated rings. The molecule has 1 aromatic heterocycles. The van der Waals surface area contributed by atoms with E-state index in [1.807, 2.05) is 37.3 Å². The maximum Gasteiger partial charge on any atom is 0.261 e. The Morgan fingerprint density at radius 2 is 1.82 bits per heavy atom. The van der Waals surface area contributed by atoms with Crippen molar-refractivity contribution in [2.24, 2.45) is 0 Å². The molecule has 0 saturated carbocycles. The van der Waals surface area contributed by atoms with Crippen LogP contribution in [0.1, 0.15) is 24.7 Å². The van der Waals surface area contributed by atoms with Gasteiger partial charge in [-0.25, -0.2) is 4.98 Å². The number of rotatable bonds is 5. The predicted octanol–water partition coefficient (Wildman–Crippen LogP) is 2.69. The smallest absolute Gasteiger partial charge is 0.261 e. The highest BCUT2D eigenvalue weighted by atomic mass is 16.3. The molecule has 0 aliphatic carbocycles. The van der Waals surface area contributed by atoms with Gasteiger partial charge in [-0.3, -0.25) is 14.2 Å². The zero-order chi connectivity index (χ0) is 19.7. The second-order valence-corrected chi connectivity index (χ2v) is 6.65. The first-order valence-electron chi connectivity index (χ1n) is 9.39. The summed E-state index contributed by atoms with van der Waals surface area (Å²) in [5.41, 5.74) is 2.65. The Kier molecular flexibility index (Phi) is 4.79. The number of amides is 1. The van der Waals surface area contributed by atoms with Crippen molar-refractivity contribution >= 4 is 34.1 Å². The fourth-order valence-electron chi connectivity index (χ4n) is 3.63. The number of anilines is 1. The lowest BCUT2D eigenvalue weighted by Crippen LogP contribution is -2.26. The van der Waals surface area contributed by atoms with Gasteiger partial charge in [-0.2, -0.15) is 0 Å². The SMILES string of the molecule is CCN1C(=O)C(=Cc2nc3ccccc3c(=O)n2CCCO)c2ccccc21. The predicted molar refractivity (Wildman–Crippen MR) is 110 cm³/mol. The van der Waals surface area contributed by atoms with Crippen molar-refractivity contribution in [2.75, 3.05) is 18.1 Å². The Labute approximate surface area is 162 Å². The zero-order valence-electron chi connectivity index (χ0n) is 15.6. The van der Waals surface area contributed by atoms with E-state index >= 15 is 0 Å². The number of aromatic nitrogens is 2. The number of likely N-dealkylation sites (N-methyl/N-ethyl adjacent to an activating group) is 1. The highest BCUT2D eigenvalue weighted by Crippen LogP contribution is 2.37. The summed E-state index contributed by atoms with van der Waals surface area (Å²) in [6, 6.07) is 14.8. The summed E-state index contributed by atoms with van der Waals surface area (Å²) in [4.78, 5) is 32.3. The largest absolute Gasteiger partial charge is 0.396 e. The number of hydrogen-bond acceptors (Lipinski definition) is 4. The summed E-state index contributed by atoms with van der Waals surface area (Å²) in [7, 11) is 0. The third kappa shape index (κ3) is 2.92. The fourth-order valence-corrected chi connectivity index (χ4v) is 3.63. The van der Waals surface area contributed by atoms with Gasteiger partial charge < -0.3 is 10.0 Å². The average Bonchev–Trinajstić information content (AvgIpc) is 2.99. The van der Waals surface area contributed by atoms with Gasteiger partial charge in [-0.1, -0.05) is 30.3 Å². The molecule has 0 unspecified atom stereocenters. The molecule has 6 nitrogen and oxygen atoms in total. The van der Waals surface area contributed by atoms with Crippen molar-refractivity contribution in [3.63, 3.8) is 0 Å². The minimum absolute atomic E-state index is 0.0271. The second kappa shape index (κ2) is 7.40. The lowest BCUT2D eigenvalue weighted by Gasteiger charge is -2.13. The number of para-hydroxylation sites is 2. The monoisotopic (exact) mass is 375 g/mol. The first-order chi connectivity index (χ1) is 13.7. The van der Waals surface area contributed by atoms with Crippen LogP contribution >= 0.6 is 0 Å². The Balaban J connectivity index is 1.94. The molecule has 1 N–H and O–H groups in total. The van der Waals surface area contributed by atoms with Crippen LogP contribution in [-0.2, 0) is 11.3 Å². The van der Waals surface area contributed by atoms with E-state index in [-0.39, 0.29) is 18.1 Å². The van der Waals surface area contributed by atoms with Gasteiger partial charge in [0.15, 0.2) is 0 Å². The summed E-state index contributed by atoms with van der Waals surface area (Å²) in [5, 5.41) is 9.76. The van der Waals surface area contributed by atoms with Gasteiger partial charge in [0.2, 0.25) is 0 Å². The van der Waals surface area contributed by atoms with E-state index in [0.717, 1.165) is 11.3 Å². The van der Waals surface area contributed by atoms with Gasteiger partial charge in [0.05, 0.1) is 22.2 Å². The zero-order valence-corrected chi connectivity index (χ0v) is 15.6. The Bertz CT molecular complexity index is 1150. The van der Waals surface area contributed by atoms with Crippen LogP contribution in [0, 0.1) is 0 Å². The molecule has 0 bridgehead atoms. The van der Waals surface area contributed by atoms with Crippen molar-refractivity contribution in [2.45, 2.75) is 19.9 Å². The first kappa shape index (κ1) is 18.1.